The van der Waals surface area contributed by atoms with Crippen LogP contribution in [0.2, 0.25) is 0 Å². The first-order chi connectivity index (χ1) is 8.92. The van der Waals surface area contributed by atoms with E-state index in [1.165, 1.54) is 6.26 Å². The van der Waals surface area contributed by atoms with Crippen molar-refractivity contribution in [1.82, 2.24) is 15.1 Å². The zero-order chi connectivity index (χ0) is 13.9. The van der Waals surface area contributed by atoms with Crippen molar-refractivity contribution in [1.29, 1.82) is 0 Å². The number of rotatable bonds is 6. The van der Waals surface area contributed by atoms with Gasteiger partial charge in [0.25, 0.3) is 0 Å². The summed E-state index contributed by atoms with van der Waals surface area (Å²) in [6, 6.07) is 0.420. The van der Waals surface area contributed by atoms with E-state index < -0.39 is 9.84 Å². The molecule has 0 radical (unpaired) electrons. The summed E-state index contributed by atoms with van der Waals surface area (Å²) in [5, 5.41) is 2.98. The highest BCUT2D eigenvalue weighted by molar-refractivity contribution is 7.90. The normalized spacial score (nSPS) is 22.4. The van der Waals surface area contributed by atoms with Crippen LogP contribution in [0.1, 0.15) is 12.8 Å². The molecule has 1 heterocycles. The van der Waals surface area contributed by atoms with Crippen molar-refractivity contribution >= 4 is 15.7 Å². The number of hydrogen-bond donors (Lipinski definition) is 1. The van der Waals surface area contributed by atoms with E-state index >= 15 is 0 Å². The van der Waals surface area contributed by atoms with E-state index in [-0.39, 0.29) is 11.7 Å². The first-order valence-corrected chi connectivity index (χ1v) is 8.90. The number of carbonyl (C=O) groups excluding carboxylic acids is 1. The van der Waals surface area contributed by atoms with Gasteiger partial charge >= 0.3 is 0 Å². The van der Waals surface area contributed by atoms with Crippen molar-refractivity contribution in [3.05, 3.63) is 0 Å². The molecule has 2 aliphatic rings. The Bertz CT molecular complexity index is 412. The molecule has 1 N–H and O–H groups in total. The van der Waals surface area contributed by atoms with Crippen LogP contribution in [0.15, 0.2) is 0 Å². The lowest BCUT2D eigenvalue weighted by Crippen LogP contribution is -2.50. The molecule has 1 aliphatic heterocycles. The highest BCUT2D eigenvalue weighted by Gasteiger charge is 2.25. The predicted octanol–water partition coefficient (Wildman–Crippen LogP) is -1.07. The second-order valence-electron chi connectivity index (χ2n) is 5.59. The predicted molar refractivity (Wildman–Crippen MR) is 73.8 cm³/mol. The van der Waals surface area contributed by atoms with E-state index in [9.17, 15) is 13.2 Å². The van der Waals surface area contributed by atoms with Crippen molar-refractivity contribution in [2.24, 2.45) is 0 Å². The maximum Gasteiger partial charge on any atom is 0.234 e. The zero-order valence-corrected chi connectivity index (χ0v) is 12.3. The molecule has 1 aliphatic carbocycles. The first kappa shape index (κ1) is 14.7. The molecule has 0 atom stereocenters. The van der Waals surface area contributed by atoms with Crippen molar-refractivity contribution in [2.45, 2.75) is 18.9 Å². The number of amides is 1. The molecule has 0 spiro atoms. The second-order valence-corrected chi connectivity index (χ2v) is 7.85. The van der Waals surface area contributed by atoms with Gasteiger partial charge in [0.1, 0.15) is 9.84 Å². The average molecular weight is 289 g/mol. The summed E-state index contributed by atoms with van der Waals surface area (Å²) in [5.74, 6) is 0.335. The third-order valence-electron chi connectivity index (χ3n) is 3.55. The Balaban J connectivity index is 1.62. The van der Waals surface area contributed by atoms with Crippen molar-refractivity contribution < 1.29 is 13.2 Å². The van der Waals surface area contributed by atoms with Crippen LogP contribution in [0.4, 0.5) is 0 Å². The van der Waals surface area contributed by atoms with Crippen LogP contribution in [0.3, 0.4) is 0 Å². The van der Waals surface area contributed by atoms with Crippen LogP contribution >= 0.6 is 0 Å². The first-order valence-electron chi connectivity index (χ1n) is 6.84. The van der Waals surface area contributed by atoms with Gasteiger partial charge in [0.2, 0.25) is 5.91 Å². The van der Waals surface area contributed by atoms with Gasteiger partial charge in [0.15, 0.2) is 0 Å². The highest BCUT2D eigenvalue weighted by Crippen LogP contribution is 2.18. The molecule has 0 unspecified atom stereocenters. The molecule has 1 amide bonds. The van der Waals surface area contributed by atoms with E-state index in [2.05, 4.69) is 15.1 Å². The highest BCUT2D eigenvalue weighted by atomic mass is 32.2. The Kier molecular flexibility index (Phi) is 4.81. The molecule has 0 aromatic carbocycles. The molecule has 0 bridgehead atoms. The van der Waals surface area contributed by atoms with E-state index in [0.717, 1.165) is 39.0 Å². The smallest absolute Gasteiger partial charge is 0.234 e. The molecule has 110 valence electrons. The quantitative estimate of drug-likeness (QED) is 0.674. The van der Waals surface area contributed by atoms with E-state index in [1.807, 2.05) is 0 Å². The third kappa shape index (κ3) is 5.88. The molecule has 1 saturated carbocycles. The van der Waals surface area contributed by atoms with Gasteiger partial charge in [-0.15, -0.1) is 0 Å². The molecule has 2 rings (SSSR count). The van der Waals surface area contributed by atoms with Gasteiger partial charge in [-0.05, 0) is 12.8 Å². The maximum atomic E-state index is 11.7. The van der Waals surface area contributed by atoms with Crippen LogP contribution in [0.25, 0.3) is 0 Å². The number of carbonyl (C=O) groups is 1. The van der Waals surface area contributed by atoms with Gasteiger partial charge in [-0.25, -0.2) is 8.42 Å². The molecule has 0 aromatic rings. The molecule has 1 saturated heterocycles. The number of nitrogens with zero attached hydrogens (tertiary/aromatic N) is 2. The summed E-state index contributed by atoms with van der Waals surface area (Å²) in [6.45, 7) is 4.42. The topological polar surface area (TPSA) is 69.7 Å². The second kappa shape index (κ2) is 6.19. The molecule has 6 nitrogen and oxygen atoms in total. The standard InChI is InChI=1S/C12H23N3O3S/c1-19(17,18)9-8-14-4-6-15(7-5-14)10-12(16)13-11-2-3-11/h11H,2-10H2,1H3,(H,13,16). The van der Waals surface area contributed by atoms with Crippen LogP contribution in [-0.4, -0.2) is 81.4 Å². The fourth-order valence-corrected chi connectivity index (χ4v) is 2.76. The summed E-state index contributed by atoms with van der Waals surface area (Å²) in [6.07, 6.45) is 3.50. The van der Waals surface area contributed by atoms with Gasteiger partial charge < -0.3 is 5.32 Å². The minimum Gasteiger partial charge on any atom is -0.352 e. The van der Waals surface area contributed by atoms with Gasteiger partial charge in [-0.2, -0.15) is 0 Å². The van der Waals surface area contributed by atoms with Gasteiger partial charge in [0.05, 0.1) is 12.3 Å². The fourth-order valence-electron chi connectivity index (χ4n) is 2.17. The summed E-state index contributed by atoms with van der Waals surface area (Å²) in [4.78, 5) is 15.9. The Labute approximate surface area is 115 Å². The van der Waals surface area contributed by atoms with Crippen molar-refractivity contribution in [3.63, 3.8) is 0 Å². The third-order valence-corrected chi connectivity index (χ3v) is 4.48. The average Bonchev–Trinajstić information content (AvgIpc) is 3.11. The zero-order valence-electron chi connectivity index (χ0n) is 11.5. The van der Waals surface area contributed by atoms with Crippen molar-refractivity contribution in [3.8, 4) is 0 Å². The van der Waals surface area contributed by atoms with E-state index in [4.69, 9.17) is 0 Å². The maximum absolute atomic E-state index is 11.7. The molecular weight excluding hydrogens is 266 g/mol. The van der Waals surface area contributed by atoms with E-state index in [1.54, 1.807) is 0 Å². The van der Waals surface area contributed by atoms with Gasteiger partial charge in [-0.1, -0.05) is 0 Å². The van der Waals surface area contributed by atoms with Crippen LogP contribution in [0.5, 0.6) is 0 Å². The molecular formula is C12H23N3O3S. The fraction of sp³-hybridized carbons (Fsp3) is 0.917. The minimum absolute atomic E-state index is 0.118. The Morgan fingerprint density at radius 1 is 1.16 bits per heavy atom. The lowest BCUT2D eigenvalue weighted by atomic mass is 10.3. The minimum atomic E-state index is -2.88. The number of nitrogens with one attached hydrogen (secondary N) is 1. The van der Waals surface area contributed by atoms with Crippen LogP contribution < -0.4 is 5.32 Å². The molecule has 0 aromatic heterocycles. The monoisotopic (exact) mass is 289 g/mol. The number of sulfone groups is 1. The lowest BCUT2D eigenvalue weighted by molar-refractivity contribution is -0.122. The summed E-state index contributed by atoms with van der Waals surface area (Å²) < 4.78 is 22.2. The number of piperazine rings is 1. The molecule has 19 heavy (non-hydrogen) atoms. The number of hydrogen-bond acceptors (Lipinski definition) is 5. The van der Waals surface area contributed by atoms with Gasteiger partial charge in [-0.3, -0.25) is 14.6 Å². The van der Waals surface area contributed by atoms with Crippen LogP contribution in [0, 0.1) is 0 Å². The lowest BCUT2D eigenvalue weighted by Gasteiger charge is -2.34. The molecule has 2 fully saturated rings. The SMILES string of the molecule is CS(=O)(=O)CCN1CCN(CC(=O)NC2CC2)CC1. The van der Waals surface area contributed by atoms with Crippen molar-refractivity contribution in [2.75, 3.05) is 51.3 Å². The summed E-state index contributed by atoms with van der Waals surface area (Å²) in [5.41, 5.74) is 0. The molecule has 7 heteroatoms. The largest absolute Gasteiger partial charge is 0.352 e. The summed E-state index contributed by atoms with van der Waals surface area (Å²) >= 11 is 0. The summed E-state index contributed by atoms with van der Waals surface area (Å²) in [7, 11) is -2.88. The Hall–Kier alpha value is -0.660. The Morgan fingerprint density at radius 3 is 2.26 bits per heavy atom. The van der Waals surface area contributed by atoms with E-state index in [0.29, 0.717) is 19.1 Å². The Morgan fingerprint density at radius 2 is 1.74 bits per heavy atom. The van der Waals surface area contributed by atoms with Crippen LogP contribution in [-0.2, 0) is 14.6 Å². The van der Waals surface area contributed by atoms with Gasteiger partial charge in [0, 0.05) is 45.0 Å².